The molecule has 4 nitrogen and oxygen atoms in total. The van der Waals surface area contributed by atoms with Gasteiger partial charge in [0.1, 0.15) is 24.0 Å². The molecule has 2 unspecified atom stereocenters. The van der Waals surface area contributed by atoms with Crippen LogP contribution in [-0.4, -0.2) is 41.3 Å². The van der Waals surface area contributed by atoms with Crippen molar-refractivity contribution in [2.75, 3.05) is 13.2 Å². The average Bonchev–Trinajstić information content (AvgIpc) is 3.48. The van der Waals surface area contributed by atoms with E-state index >= 15 is 0 Å². The first-order chi connectivity index (χ1) is 15.7. The standard InChI is InChI=1S/C27H29NO3S/c1-17-16-32-27-8-5-18(13-24(17)27)19-11-20-6-7-21(12-19)28(20)14-22(29)15-31-26-4-2-3-25-23(26)9-10-30-25/h2-5,8-10,13,16,19-22,29H,6-7,11-12,14-15H2,1H3/t19?,20?,21?,22-/m0/s1. The van der Waals surface area contributed by atoms with E-state index in [0.29, 0.717) is 31.2 Å². The number of aryl methyl sites for hydroxylation is 1. The highest BCUT2D eigenvalue weighted by atomic mass is 32.1. The van der Waals surface area contributed by atoms with Crippen LogP contribution in [0.4, 0.5) is 0 Å². The normalized spacial score (nSPS) is 24.4. The maximum absolute atomic E-state index is 10.8. The number of aliphatic hydroxyl groups excluding tert-OH is 1. The molecule has 2 bridgehead atoms. The molecule has 2 aliphatic rings. The summed E-state index contributed by atoms with van der Waals surface area (Å²) in [6, 6.07) is 15.9. The third-order valence-electron chi connectivity index (χ3n) is 7.46. The van der Waals surface area contributed by atoms with Crippen LogP contribution in [-0.2, 0) is 0 Å². The average molecular weight is 448 g/mol. The molecule has 2 aliphatic heterocycles. The van der Waals surface area contributed by atoms with Crippen molar-refractivity contribution in [3.63, 3.8) is 0 Å². The van der Waals surface area contributed by atoms with Crippen LogP contribution in [0.3, 0.4) is 0 Å². The van der Waals surface area contributed by atoms with Crippen molar-refractivity contribution >= 4 is 32.4 Å². The van der Waals surface area contributed by atoms with E-state index in [2.05, 4.69) is 35.4 Å². The molecule has 3 atom stereocenters. The van der Waals surface area contributed by atoms with Crippen LogP contribution < -0.4 is 4.74 Å². The van der Waals surface area contributed by atoms with Gasteiger partial charge in [-0.05, 0) is 90.7 Å². The number of hydrogen-bond donors (Lipinski definition) is 1. The molecule has 2 aromatic carbocycles. The summed E-state index contributed by atoms with van der Waals surface area (Å²) in [5, 5.41) is 15.4. The lowest BCUT2D eigenvalue weighted by Gasteiger charge is -2.40. The van der Waals surface area contributed by atoms with Crippen molar-refractivity contribution in [2.24, 2.45) is 0 Å². The summed E-state index contributed by atoms with van der Waals surface area (Å²) in [6.45, 7) is 3.20. The predicted octanol–water partition coefficient (Wildman–Crippen LogP) is 6.11. The zero-order valence-corrected chi connectivity index (χ0v) is 19.2. The second-order valence-electron chi connectivity index (χ2n) is 9.48. The Bertz CT molecular complexity index is 1230. The van der Waals surface area contributed by atoms with E-state index in [1.807, 2.05) is 35.6 Å². The summed E-state index contributed by atoms with van der Waals surface area (Å²) < 4.78 is 12.8. The number of thiophene rings is 1. The molecule has 0 radical (unpaired) electrons. The van der Waals surface area contributed by atoms with E-state index in [-0.39, 0.29) is 0 Å². The van der Waals surface area contributed by atoms with Crippen molar-refractivity contribution in [3.8, 4) is 5.75 Å². The van der Waals surface area contributed by atoms with Gasteiger partial charge in [0.2, 0.25) is 0 Å². The SMILES string of the molecule is Cc1csc2ccc(C3CC4CCC(C3)N4C[C@H](O)COc3cccc4occc34)cc12. The molecule has 0 spiro atoms. The van der Waals surface area contributed by atoms with E-state index in [9.17, 15) is 5.11 Å². The molecule has 4 heterocycles. The van der Waals surface area contributed by atoms with Gasteiger partial charge in [-0.1, -0.05) is 12.1 Å². The van der Waals surface area contributed by atoms with E-state index in [1.54, 1.807) is 6.26 Å². The van der Waals surface area contributed by atoms with E-state index in [1.165, 1.54) is 46.9 Å². The number of ether oxygens (including phenoxy) is 1. The Morgan fingerprint density at radius 3 is 2.81 bits per heavy atom. The zero-order valence-electron chi connectivity index (χ0n) is 18.4. The van der Waals surface area contributed by atoms with Crippen molar-refractivity contribution in [3.05, 3.63) is 65.2 Å². The number of benzene rings is 2. The molecule has 1 N–H and O–H groups in total. The van der Waals surface area contributed by atoms with Crippen molar-refractivity contribution < 1.29 is 14.3 Å². The maximum Gasteiger partial charge on any atom is 0.137 e. The molecule has 0 amide bonds. The van der Waals surface area contributed by atoms with Crippen LogP contribution in [0.5, 0.6) is 5.75 Å². The summed E-state index contributed by atoms with van der Waals surface area (Å²) in [5.41, 5.74) is 3.70. The van der Waals surface area contributed by atoms with Crippen LogP contribution in [0.1, 0.15) is 42.7 Å². The molecule has 32 heavy (non-hydrogen) atoms. The molecule has 4 aromatic rings. The van der Waals surface area contributed by atoms with Crippen molar-refractivity contribution in [1.82, 2.24) is 4.90 Å². The lowest BCUT2D eigenvalue weighted by atomic mass is 9.84. The van der Waals surface area contributed by atoms with Gasteiger partial charge in [0.15, 0.2) is 0 Å². The number of piperidine rings is 1. The Balaban J connectivity index is 1.10. The Kier molecular flexibility index (Phi) is 5.21. The topological polar surface area (TPSA) is 45.8 Å². The highest BCUT2D eigenvalue weighted by Gasteiger charge is 2.41. The van der Waals surface area contributed by atoms with E-state index in [0.717, 1.165) is 16.7 Å². The smallest absolute Gasteiger partial charge is 0.137 e. The van der Waals surface area contributed by atoms with Gasteiger partial charge in [-0.2, -0.15) is 0 Å². The Hall–Kier alpha value is -2.34. The van der Waals surface area contributed by atoms with Crippen LogP contribution in [0, 0.1) is 6.92 Å². The summed E-state index contributed by atoms with van der Waals surface area (Å²) in [7, 11) is 0. The Morgan fingerprint density at radius 2 is 1.97 bits per heavy atom. The monoisotopic (exact) mass is 447 g/mol. The van der Waals surface area contributed by atoms with Gasteiger partial charge in [0.25, 0.3) is 0 Å². The highest BCUT2D eigenvalue weighted by molar-refractivity contribution is 7.17. The fourth-order valence-corrected chi connectivity index (χ4v) is 6.77. The zero-order chi connectivity index (χ0) is 21.7. The molecule has 2 aromatic heterocycles. The molecular weight excluding hydrogens is 418 g/mol. The number of hydrogen-bond acceptors (Lipinski definition) is 5. The van der Waals surface area contributed by atoms with Crippen molar-refractivity contribution in [2.45, 2.75) is 56.7 Å². The first-order valence-corrected chi connectivity index (χ1v) is 12.5. The summed E-state index contributed by atoms with van der Waals surface area (Å²) in [6.07, 6.45) is 6.03. The van der Waals surface area contributed by atoms with E-state index in [4.69, 9.17) is 9.15 Å². The quantitative estimate of drug-likeness (QED) is 0.388. The number of rotatable bonds is 6. The summed E-state index contributed by atoms with van der Waals surface area (Å²) in [4.78, 5) is 2.55. The molecule has 5 heteroatoms. The molecule has 6 rings (SSSR count). The lowest BCUT2D eigenvalue weighted by Crippen LogP contribution is -2.47. The van der Waals surface area contributed by atoms with Gasteiger partial charge in [-0.3, -0.25) is 4.90 Å². The summed E-state index contributed by atoms with van der Waals surface area (Å²) >= 11 is 1.84. The van der Waals surface area contributed by atoms with Crippen LogP contribution in [0.15, 0.2) is 58.5 Å². The fraction of sp³-hybridized carbons (Fsp3) is 0.407. The molecule has 0 saturated carbocycles. The minimum atomic E-state index is -0.499. The largest absolute Gasteiger partial charge is 0.490 e. The van der Waals surface area contributed by atoms with E-state index < -0.39 is 6.10 Å². The minimum absolute atomic E-state index is 0.303. The van der Waals surface area contributed by atoms with Gasteiger partial charge < -0.3 is 14.3 Å². The van der Waals surface area contributed by atoms with Gasteiger partial charge in [0.05, 0.1) is 11.6 Å². The lowest BCUT2D eigenvalue weighted by molar-refractivity contribution is 0.0321. The third-order valence-corrected chi connectivity index (χ3v) is 8.54. The van der Waals surface area contributed by atoms with Crippen LogP contribution in [0.2, 0.25) is 0 Å². The molecule has 2 fully saturated rings. The van der Waals surface area contributed by atoms with Gasteiger partial charge in [-0.25, -0.2) is 0 Å². The second kappa shape index (κ2) is 8.22. The van der Waals surface area contributed by atoms with Gasteiger partial charge in [0, 0.05) is 23.3 Å². The first-order valence-electron chi connectivity index (χ1n) is 11.7. The number of furan rings is 1. The predicted molar refractivity (Wildman–Crippen MR) is 130 cm³/mol. The second-order valence-corrected chi connectivity index (χ2v) is 10.4. The minimum Gasteiger partial charge on any atom is -0.490 e. The Labute approximate surface area is 192 Å². The molecule has 166 valence electrons. The molecular formula is C27H29NO3S. The first kappa shape index (κ1) is 20.3. The van der Waals surface area contributed by atoms with Gasteiger partial charge in [-0.15, -0.1) is 11.3 Å². The fourth-order valence-electron chi connectivity index (χ4n) is 5.85. The Morgan fingerprint density at radius 1 is 1.12 bits per heavy atom. The number of fused-ring (bicyclic) bond motifs is 4. The van der Waals surface area contributed by atoms with Crippen LogP contribution >= 0.6 is 11.3 Å². The third kappa shape index (κ3) is 3.62. The van der Waals surface area contributed by atoms with Crippen LogP contribution in [0.25, 0.3) is 21.1 Å². The summed E-state index contributed by atoms with van der Waals surface area (Å²) in [5.74, 6) is 1.40. The highest BCUT2D eigenvalue weighted by Crippen LogP contribution is 2.44. The molecule has 0 aliphatic carbocycles. The number of nitrogens with zero attached hydrogens (tertiary/aromatic N) is 1. The number of aliphatic hydroxyl groups is 1. The molecule has 2 saturated heterocycles. The maximum atomic E-state index is 10.8. The van der Waals surface area contributed by atoms with Gasteiger partial charge >= 0.3 is 0 Å². The van der Waals surface area contributed by atoms with Crippen molar-refractivity contribution in [1.29, 1.82) is 0 Å².